The van der Waals surface area contributed by atoms with Crippen molar-refractivity contribution < 1.29 is 13.9 Å². The van der Waals surface area contributed by atoms with Gasteiger partial charge in [0.1, 0.15) is 12.4 Å². The predicted octanol–water partition coefficient (Wildman–Crippen LogP) is 3.52. The number of carbonyl (C=O) groups is 1. The molecule has 1 amide bonds. The Morgan fingerprint density at radius 1 is 1.27 bits per heavy atom. The van der Waals surface area contributed by atoms with Gasteiger partial charge in [0.05, 0.1) is 6.33 Å². The summed E-state index contributed by atoms with van der Waals surface area (Å²) in [6.07, 6.45) is 6.58. The van der Waals surface area contributed by atoms with Crippen LogP contribution in [0.2, 0.25) is 0 Å². The minimum Gasteiger partial charge on any atom is -0.489 e. The zero-order valence-electron chi connectivity index (χ0n) is 15.7. The summed E-state index contributed by atoms with van der Waals surface area (Å²) in [5, 5.41) is 2.86. The van der Waals surface area contributed by atoms with Crippen molar-refractivity contribution in [3.8, 4) is 5.75 Å². The smallest absolute Gasteiger partial charge is 0.225 e. The SMILES string of the molecule is CNC(=O)C12CCC(c3ccc(OCC(=CF)CN)c(C)c3)(CC1)CC2. The van der Waals surface area contributed by atoms with Gasteiger partial charge in [-0.15, -0.1) is 0 Å². The van der Waals surface area contributed by atoms with Crippen molar-refractivity contribution in [2.45, 2.75) is 50.9 Å². The van der Waals surface area contributed by atoms with Crippen LogP contribution in [0.1, 0.15) is 49.7 Å². The standard InChI is InChI=1S/C21H29FN2O2/c1-15-11-17(3-4-18(15)26-14-16(12-22)13-23)20-5-8-21(9-6-20,10-7-20)19(25)24-2/h3-4,11-12H,5-10,13-14,23H2,1-2H3,(H,24,25). The van der Waals surface area contributed by atoms with Gasteiger partial charge >= 0.3 is 0 Å². The number of fused-ring (bicyclic) bond motifs is 3. The number of nitrogens with two attached hydrogens (primary N) is 1. The molecular formula is C21H29FN2O2. The Morgan fingerprint density at radius 2 is 1.92 bits per heavy atom. The Bertz CT molecular complexity index is 689. The fourth-order valence-corrected chi connectivity index (χ4v) is 4.67. The van der Waals surface area contributed by atoms with E-state index < -0.39 is 0 Å². The lowest BCUT2D eigenvalue weighted by Crippen LogP contribution is -2.51. The van der Waals surface area contributed by atoms with E-state index in [0.717, 1.165) is 49.8 Å². The van der Waals surface area contributed by atoms with Gasteiger partial charge in [-0.3, -0.25) is 4.79 Å². The van der Waals surface area contributed by atoms with Gasteiger partial charge in [0, 0.05) is 24.6 Å². The normalized spacial score (nSPS) is 28.1. The molecule has 0 spiro atoms. The summed E-state index contributed by atoms with van der Waals surface area (Å²) in [5.41, 5.74) is 8.34. The van der Waals surface area contributed by atoms with Crippen molar-refractivity contribution in [2.24, 2.45) is 11.1 Å². The number of aryl methyl sites for hydroxylation is 1. The molecule has 0 aromatic heterocycles. The molecule has 4 rings (SSSR count). The summed E-state index contributed by atoms with van der Waals surface area (Å²) in [6.45, 7) is 2.36. The van der Waals surface area contributed by atoms with Crippen LogP contribution in [0.5, 0.6) is 5.75 Å². The molecule has 1 aromatic rings. The fourth-order valence-electron chi connectivity index (χ4n) is 4.67. The van der Waals surface area contributed by atoms with E-state index in [9.17, 15) is 9.18 Å². The van der Waals surface area contributed by atoms with Crippen LogP contribution in [0.3, 0.4) is 0 Å². The summed E-state index contributed by atoms with van der Waals surface area (Å²) in [5.74, 6) is 0.978. The number of hydrogen-bond acceptors (Lipinski definition) is 3. The van der Waals surface area contributed by atoms with Crippen LogP contribution >= 0.6 is 0 Å². The van der Waals surface area contributed by atoms with E-state index in [-0.39, 0.29) is 29.9 Å². The zero-order chi connectivity index (χ0) is 18.8. The molecule has 3 fully saturated rings. The van der Waals surface area contributed by atoms with Gasteiger partial charge in [0.25, 0.3) is 0 Å². The van der Waals surface area contributed by atoms with E-state index in [2.05, 4.69) is 17.4 Å². The van der Waals surface area contributed by atoms with Gasteiger partial charge in [-0.25, -0.2) is 4.39 Å². The first kappa shape index (κ1) is 18.9. The number of carbonyl (C=O) groups excluding carboxylic acids is 1. The van der Waals surface area contributed by atoms with E-state index in [1.807, 2.05) is 13.0 Å². The molecule has 3 N–H and O–H groups in total. The summed E-state index contributed by atoms with van der Waals surface area (Å²) < 4.78 is 18.4. The lowest BCUT2D eigenvalue weighted by atomic mass is 9.51. The van der Waals surface area contributed by atoms with Crippen LogP contribution in [0.4, 0.5) is 4.39 Å². The Kier molecular flexibility index (Phi) is 5.37. The first-order valence-corrected chi connectivity index (χ1v) is 9.43. The van der Waals surface area contributed by atoms with E-state index in [4.69, 9.17) is 10.5 Å². The highest BCUT2D eigenvalue weighted by molar-refractivity contribution is 5.82. The van der Waals surface area contributed by atoms with Crippen molar-refractivity contribution in [3.63, 3.8) is 0 Å². The summed E-state index contributed by atoms with van der Waals surface area (Å²) >= 11 is 0. The second-order valence-corrected chi connectivity index (χ2v) is 7.88. The maximum atomic E-state index is 12.6. The Morgan fingerprint density at radius 3 is 2.42 bits per heavy atom. The monoisotopic (exact) mass is 360 g/mol. The molecule has 3 saturated carbocycles. The van der Waals surface area contributed by atoms with Crippen molar-refractivity contribution in [1.29, 1.82) is 0 Å². The molecule has 5 heteroatoms. The molecule has 0 aliphatic heterocycles. The summed E-state index contributed by atoms with van der Waals surface area (Å²) in [7, 11) is 1.74. The molecule has 0 heterocycles. The van der Waals surface area contributed by atoms with Crippen LogP contribution < -0.4 is 15.8 Å². The third-order valence-corrected chi connectivity index (χ3v) is 6.57. The van der Waals surface area contributed by atoms with Gasteiger partial charge in [-0.05, 0) is 68.1 Å². The van der Waals surface area contributed by atoms with Crippen LogP contribution in [0, 0.1) is 12.3 Å². The average molecular weight is 360 g/mol. The maximum absolute atomic E-state index is 12.6. The van der Waals surface area contributed by atoms with Gasteiger partial charge < -0.3 is 15.8 Å². The largest absolute Gasteiger partial charge is 0.489 e. The van der Waals surface area contributed by atoms with E-state index in [1.165, 1.54) is 5.56 Å². The highest BCUT2D eigenvalue weighted by Crippen LogP contribution is 2.58. The van der Waals surface area contributed by atoms with Gasteiger partial charge in [0.2, 0.25) is 5.91 Å². The van der Waals surface area contributed by atoms with Crippen molar-refractivity contribution in [1.82, 2.24) is 5.32 Å². The molecule has 2 bridgehead atoms. The van der Waals surface area contributed by atoms with Crippen LogP contribution in [0.15, 0.2) is 30.1 Å². The van der Waals surface area contributed by atoms with Crippen molar-refractivity contribution >= 4 is 5.91 Å². The second kappa shape index (κ2) is 7.39. The maximum Gasteiger partial charge on any atom is 0.225 e. The summed E-state index contributed by atoms with van der Waals surface area (Å²) in [6, 6.07) is 6.33. The highest BCUT2D eigenvalue weighted by Gasteiger charge is 2.52. The highest BCUT2D eigenvalue weighted by atomic mass is 19.1. The Labute approximate surface area is 155 Å². The Balaban J connectivity index is 1.73. The van der Waals surface area contributed by atoms with Gasteiger partial charge in [-0.2, -0.15) is 0 Å². The molecule has 142 valence electrons. The average Bonchev–Trinajstić information content (AvgIpc) is 2.70. The molecule has 1 aromatic carbocycles. The Hall–Kier alpha value is -1.88. The molecule has 0 atom stereocenters. The lowest BCUT2D eigenvalue weighted by molar-refractivity contribution is -0.137. The number of benzene rings is 1. The quantitative estimate of drug-likeness (QED) is 0.816. The second-order valence-electron chi connectivity index (χ2n) is 7.88. The third kappa shape index (κ3) is 3.25. The number of nitrogens with one attached hydrogen (secondary N) is 1. The molecule has 26 heavy (non-hydrogen) atoms. The van der Waals surface area contributed by atoms with E-state index in [1.54, 1.807) is 7.05 Å². The summed E-state index contributed by atoms with van der Waals surface area (Å²) in [4.78, 5) is 12.3. The van der Waals surface area contributed by atoms with Crippen LogP contribution in [-0.2, 0) is 10.2 Å². The molecule has 3 aliphatic carbocycles. The van der Waals surface area contributed by atoms with E-state index >= 15 is 0 Å². The zero-order valence-corrected chi connectivity index (χ0v) is 15.7. The van der Waals surface area contributed by atoms with Crippen molar-refractivity contribution in [2.75, 3.05) is 20.2 Å². The van der Waals surface area contributed by atoms with Crippen molar-refractivity contribution in [3.05, 3.63) is 41.2 Å². The minimum atomic E-state index is -0.147. The number of rotatable bonds is 6. The molecule has 0 radical (unpaired) electrons. The minimum absolute atomic E-state index is 0.147. The molecule has 3 aliphatic rings. The molecule has 4 nitrogen and oxygen atoms in total. The number of halogens is 1. The molecular weight excluding hydrogens is 331 g/mol. The first-order valence-electron chi connectivity index (χ1n) is 9.43. The molecule has 0 saturated heterocycles. The third-order valence-electron chi connectivity index (χ3n) is 6.57. The van der Waals surface area contributed by atoms with Gasteiger partial charge in [-0.1, -0.05) is 12.1 Å². The van der Waals surface area contributed by atoms with E-state index in [0.29, 0.717) is 11.9 Å². The molecule has 0 unspecified atom stereocenters. The fraction of sp³-hybridized carbons (Fsp3) is 0.571. The number of hydrogen-bond donors (Lipinski definition) is 2. The number of ether oxygens (including phenoxy) is 1. The van der Waals surface area contributed by atoms with Gasteiger partial charge in [0.15, 0.2) is 0 Å². The lowest BCUT2D eigenvalue weighted by Gasteiger charge is -2.52. The van der Waals surface area contributed by atoms with Crippen LogP contribution in [-0.4, -0.2) is 26.1 Å². The topological polar surface area (TPSA) is 64.3 Å². The first-order chi connectivity index (χ1) is 12.5. The number of amides is 1. The van der Waals surface area contributed by atoms with Crippen LogP contribution in [0.25, 0.3) is 0 Å². The predicted molar refractivity (Wildman–Crippen MR) is 101 cm³/mol.